The highest BCUT2D eigenvalue weighted by Gasteiger charge is 2.19. The zero-order valence-corrected chi connectivity index (χ0v) is 11.2. The van der Waals surface area contributed by atoms with Crippen LogP contribution in [0.1, 0.15) is 38.2 Å². The van der Waals surface area contributed by atoms with Crippen LogP contribution in [0.25, 0.3) is 0 Å². The first-order valence-electron chi connectivity index (χ1n) is 5.94. The largest absolute Gasteiger partial charge is 0.444 e. The average molecular weight is 252 g/mol. The molecule has 1 atom stereocenters. The molecule has 1 heterocycles. The first kappa shape index (κ1) is 14.3. The first-order chi connectivity index (χ1) is 8.29. The van der Waals surface area contributed by atoms with Crippen LogP contribution in [0.4, 0.5) is 4.79 Å². The van der Waals surface area contributed by atoms with E-state index < -0.39 is 11.7 Å². The number of Topliss-reactive ketones (excluding diaryl/α,β-unsaturated/α-hetero) is 1. The molecule has 2 N–H and O–H groups in total. The van der Waals surface area contributed by atoms with Crippen LogP contribution in [0.5, 0.6) is 0 Å². The van der Waals surface area contributed by atoms with E-state index in [1.807, 2.05) is 0 Å². The summed E-state index contributed by atoms with van der Waals surface area (Å²) in [5, 5.41) is 2.59. The summed E-state index contributed by atoms with van der Waals surface area (Å²) in [6.07, 6.45) is 1.19. The Kier molecular flexibility index (Phi) is 4.53. The Labute approximate surface area is 107 Å². The number of alkyl carbamates (subject to hydrolysis) is 1. The summed E-state index contributed by atoms with van der Waals surface area (Å²) in [5.74, 6) is -0.327. The van der Waals surface area contributed by atoms with Crippen LogP contribution in [-0.4, -0.2) is 29.0 Å². The SMILES string of the molecule is CC(CNC(=O)OC(C)(C)C)C(=O)c1ccc[nH]1. The molecule has 100 valence electrons. The van der Waals surface area contributed by atoms with Gasteiger partial charge in [0.15, 0.2) is 5.78 Å². The van der Waals surface area contributed by atoms with Crippen molar-refractivity contribution in [2.75, 3.05) is 6.54 Å². The van der Waals surface area contributed by atoms with Gasteiger partial charge in [-0.1, -0.05) is 6.92 Å². The summed E-state index contributed by atoms with van der Waals surface area (Å²) in [6.45, 7) is 7.40. The van der Waals surface area contributed by atoms with Crippen molar-refractivity contribution in [3.8, 4) is 0 Å². The predicted octanol–water partition coefficient (Wildman–Crippen LogP) is 2.36. The molecule has 0 aliphatic rings. The summed E-state index contributed by atoms with van der Waals surface area (Å²) < 4.78 is 5.09. The number of aromatic amines is 1. The number of H-pyrrole nitrogens is 1. The number of nitrogens with one attached hydrogen (secondary N) is 2. The van der Waals surface area contributed by atoms with E-state index in [0.29, 0.717) is 5.69 Å². The summed E-state index contributed by atoms with van der Waals surface area (Å²) in [6, 6.07) is 3.48. The third-order valence-corrected chi connectivity index (χ3v) is 2.26. The van der Waals surface area contributed by atoms with E-state index in [1.54, 1.807) is 46.0 Å². The molecule has 0 aromatic carbocycles. The number of ketones is 1. The Morgan fingerprint density at radius 1 is 1.44 bits per heavy atom. The van der Waals surface area contributed by atoms with Gasteiger partial charge in [-0.15, -0.1) is 0 Å². The third kappa shape index (κ3) is 4.61. The van der Waals surface area contributed by atoms with Gasteiger partial charge >= 0.3 is 6.09 Å². The van der Waals surface area contributed by atoms with Crippen molar-refractivity contribution in [2.24, 2.45) is 5.92 Å². The molecule has 1 aromatic heterocycles. The molecule has 0 saturated heterocycles. The lowest BCUT2D eigenvalue weighted by Crippen LogP contribution is -2.36. The van der Waals surface area contributed by atoms with Crippen molar-refractivity contribution >= 4 is 11.9 Å². The van der Waals surface area contributed by atoms with Crippen LogP contribution >= 0.6 is 0 Å². The van der Waals surface area contributed by atoms with E-state index in [-0.39, 0.29) is 18.2 Å². The number of hydrogen-bond acceptors (Lipinski definition) is 3. The molecule has 0 aliphatic heterocycles. The minimum absolute atomic E-state index is 0.0314. The van der Waals surface area contributed by atoms with Crippen molar-refractivity contribution in [3.05, 3.63) is 24.0 Å². The van der Waals surface area contributed by atoms with E-state index in [2.05, 4.69) is 10.3 Å². The van der Waals surface area contributed by atoms with Crippen molar-refractivity contribution in [2.45, 2.75) is 33.3 Å². The molecule has 0 fully saturated rings. The number of ether oxygens (including phenoxy) is 1. The maximum atomic E-state index is 11.9. The van der Waals surface area contributed by atoms with Crippen molar-refractivity contribution in [1.29, 1.82) is 0 Å². The van der Waals surface area contributed by atoms with Crippen LogP contribution in [0, 0.1) is 5.92 Å². The van der Waals surface area contributed by atoms with Gasteiger partial charge in [-0.25, -0.2) is 4.79 Å². The smallest absolute Gasteiger partial charge is 0.407 e. The second-order valence-electron chi connectivity index (χ2n) is 5.23. The van der Waals surface area contributed by atoms with Gasteiger partial charge in [0.25, 0.3) is 0 Å². The fraction of sp³-hybridized carbons (Fsp3) is 0.538. The molecule has 1 amide bonds. The van der Waals surface area contributed by atoms with Gasteiger partial charge in [0.2, 0.25) is 0 Å². The minimum Gasteiger partial charge on any atom is -0.444 e. The Balaban J connectivity index is 2.40. The number of hydrogen-bond donors (Lipinski definition) is 2. The van der Waals surface area contributed by atoms with Gasteiger partial charge in [-0.3, -0.25) is 4.79 Å². The Morgan fingerprint density at radius 3 is 2.61 bits per heavy atom. The molecule has 5 nitrogen and oxygen atoms in total. The third-order valence-electron chi connectivity index (χ3n) is 2.26. The van der Waals surface area contributed by atoms with Gasteiger partial charge in [0, 0.05) is 18.7 Å². The standard InChI is InChI=1S/C13H20N2O3/c1-9(11(16)10-6-5-7-14-10)8-15-12(17)18-13(2,3)4/h5-7,9,14H,8H2,1-4H3,(H,15,17). The summed E-state index contributed by atoms with van der Waals surface area (Å²) in [5.41, 5.74) is 0.0186. The van der Waals surface area contributed by atoms with Crippen molar-refractivity contribution < 1.29 is 14.3 Å². The second-order valence-corrected chi connectivity index (χ2v) is 5.23. The predicted molar refractivity (Wildman–Crippen MR) is 68.5 cm³/mol. The monoisotopic (exact) mass is 252 g/mol. The molecule has 1 aromatic rings. The van der Waals surface area contributed by atoms with Crippen molar-refractivity contribution in [3.63, 3.8) is 0 Å². The van der Waals surface area contributed by atoms with Crippen LogP contribution in [0.3, 0.4) is 0 Å². The number of aromatic nitrogens is 1. The summed E-state index contributed by atoms with van der Waals surface area (Å²) >= 11 is 0. The molecule has 1 unspecified atom stereocenters. The molecular weight excluding hydrogens is 232 g/mol. The molecule has 1 rings (SSSR count). The Hall–Kier alpha value is -1.78. The molecule has 0 aliphatic carbocycles. The Morgan fingerprint density at radius 2 is 2.11 bits per heavy atom. The van der Waals surface area contributed by atoms with Gasteiger partial charge in [0.1, 0.15) is 5.60 Å². The normalized spacial score (nSPS) is 12.9. The van der Waals surface area contributed by atoms with E-state index in [0.717, 1.165) is 0 Å². The van der Waals surface area contributed by atoms with Gasteiger partial charge in [-0.05, 0) is 32.9 Å². The van der Waals surface area contributed by atoms with Crippen LogP contribution in [0.2, 0.25) is 0 Å². The van der Waals surface area contributed by atoms with Crippen molar-refractivity contribution in [1.82, 2.24) is 10.3 Å². The lowest BCUT2D eigenvalue weighted by Gasteiger charge is -2.20. The van der Waals surface area contributed by atoms with Crippen LogP contribution < -0.4 is 5.32 Å². The van der Waals surface area contributed by atoms with Crippen LogP contribution in [-0.2, 0) is 4.74 Å². The zero-order chi connectivity index (χ0) is 13.8. The molecular formula is C13H20N2O3. The maximum absolute atomic E-state index is 11.9. The average Bonchev–Trinajstić information content (AvgIpc) is 2.75. The van der Waals surface area contributed by atoms with Crippen LogP contribution in [0.15, 0.2) is 18.3 Å². The molecule has 0 radical (unpaired) electrons. The lowest BCUT2D eigenvalue weighted by molar-refractivity contribution is 0.0520. The number of carbonyl (C=O) groups is 2. The Bertz CT molecular complexity index is 404. The fourth-order valence-corrected chi connectivity index (χ4v) is 1.39. The highest BCUT2D eigenvalue weighted by atomic mass is 16.6. The van der Waals surface area contributed by atoms with Gasteiger partial charge in [-0.2, -0.15) is 0 Å². The molecule has 0 saturated carbocycles. The second kappa shape index (κ2) is 5.71. The van der Waals surface area contributed by atoms with E-state index in [4.69, 9.17) is 4.74 Å². The van der Waals surface area contributed by atoms with E-state index in [9.17, 15) is 9.59 Å². The number of carbonyl (C=O) groups excluding carboxylic acids is 2. The summed E-state index contributed by atoms with van der Waals surface area (Å²) in [7, 11) is 0. The molecule has 5 heteroatoms. The minimum atomic E-state index is -0.531. The molecule has 0 spiro atoms. The fourth-order valence-electron chi connectivity index (χ4n) is 1.39. The molecule has 18 heavy (non-hydrogen) atoms. The van der Waals surface area contributed by atoms with Gasteiger partial charge < -0.3 is 15.0 Å². The maximum Gasteiger partial charge on any atom is 0.407 e. The van der Waals surface area contributed by atoms with E-state index in [1.165, 1.54) is 0 Å². The zero-order valence-electron chi connectivity index (χ0n) is 11.2. The highest BCUT2D eigenvalue weighted by Crippen LogP contribution is 2.08. The topological polar surface area (TPSA) is 71.2 Å². The quantitative estimate of drug-likeness (QED) is 0.808. The number of rotatable bonds is 4. The van der Waals surface area contributed by atoms with Gasteiger partial charge in [0.05, 0.1) is 5.69 Å². The molecule has 0 bridgehead atoms. The summed E-state index contributed by atoms with van der Waals surface area (Å²) in [4.78, 5) is 26.2. The number of amides is 1. The van der Waals surface area contributed by atoms with E-state index >= 15 is 0 Å². The highest BCUT2D eigenvalue weighted by molar-refractivity contribution is 5.96. The first-order valence-corrected chi connectivity index (χ1v) is 5.94. The lowest BCUT2D eigenvalue weighted by atomic mass is 10.0.